The molecule has 3 rings (SSSR count). The van der Waals surface area contributed by atoms with Gasteiger partial charge in [-0.3, -0.25) is 9.79 Å². The summed E-state index contributed by atoms with van der Waals surface area (Å²) in [5.74, 6) is 0.515. The fraction of sp³-hybridized carbons (Fsp3) is 0.444. The zero-order valence-electron chi connectivity index (χ0n) is 13.8. The molecule has 0 saturated heterocycles. The summed E-state index contributed by atoms with van der Waals surface area (Å²) in [6.07, 6.45) is 0.897. The van der Waals surface area contributed by atoms with E-state index in [1.807, 2.05) is 24.1 Å². The monoisotopic (exact) mass is 375 g/mol. The second-order valence-corrected chi connectivity index (χ2v) is 7.48. The van der Waals surface area contributed by atoms with Gasteiger partial charge in [-0.05, 0) is 30.0 Å². The summed E-state index contributed by atoms with van der Waals surface area (Å²) in [5, 5.41) is 3.14. The summed E-state index contributed by atoms with van der Waals surface area (Å²) in [7, 11) is 1.98. The van der Waals surface area contributed by atoms with Crippen LogP contribution < -0.4 is 5.32 Å². The Morgan fingerprint density at radius 3 is 2.70 bits per heavy atom. The first-order valence-electron chi connectivity index (χ1n) is 8.02. The van der Waals surface area contributed by atoms with Gasteiger partial charge in [0.1, 0.15) is 5.70 Å². The molecule has 1 amide bonds. The van der Waals surface area contributed by atoms with Gasteiger partial charge in [0, 0.05) is 29.3 Å². The van der Waals surface area contributed by atoms with E-state index in [9.17, 15) is 4.79 Å². The van der Waals surface area contributed by atoms with Gasteiger partial charge in [-0.2, -0.15) is 0 Å². The van der Waals surface area contributed by atoms with E-state index in [2.05, 4.69) is 47.2 Å². The van der Waals surface area contributed by atoms with Gasteiger partial charge in [0.15, 0.2) is 0 Å². The van der Waals surface area contributed by atoms with Crippen LogP contribution in [-0.2, 0) is 4.79 Å². The number of aliphatic imine (C=N–C) groups is 1. The van der Waals surface area contributed by atoms with Crippen molar-refractivity contribution < 1.29 is 4.79 Å². The minimum absolute atomic E-state index is 0.00812. The lowest BCUT2D eigenvalue weighted by Gasteiger charge is -2.19. The second kappa shape index (κ2) is 6.48. The number of benzene rings is 1. The number of nitrogens with one attached hydrogen (secondary N) is 1. The van der Waals surface area contributed by atoms with Crippen molar-refractivity contribution in [1.29, 1.82) is 0 Å². The van der Waals surface area contributed by atoms with Crippen molar-refractivity contribution in [1.82, 2.24) is 10.2 Å². The Bertz CT molecular complexity index is 676. The maximum absolute atomic E-state index is 12.6. The Hall–Kier alpha value is -1.62. The zero-order chi connectivity index (χ0) is 16.6. The quantitative estimate of drug-likeness (QED) is 0.880. The van der Waals surface area contributed by atoms with Gasteiger partial charge < -0.3 is 10.2 Å². The number of carbonyl (C=O) groups excluding carboxylic acids is 1. The minimum atomic E-state index is -0.108. The van der Waals surface area contributed by atoms with Crippen molar-refractivity contribution in [3.05, 3.63) is 45.6 Å². The van der Waals surface area contributed by atoms with Gasteiger partial charge in [0.05, 0.1) is 12.6 Å². The molecule has 2 aliphatic rings. The molecule has 0 spiro atoms. The highest BCUT2D eigenvalue weighted by atomic mass is 79.9. The standard InChI is InChI=1S/C18H22BrN3O/c1-11(2)10-14-15-16(12-4-6-13(19)7-5-12)21-18(23)17(15)22(3)9-8-20-14/h4-7,11,16H,8-10H2,1-3H3,(H,21,23). The Kier molecular flexibility index (Phi) is 4.57. The van der Waals surface area contributed by atoms with E-state index in [1.54, 1.807) is 0 Å². The van der Waals surface area contributed by atoms with E-state index in [0.717, 1.165) is 46.5 Å². The highest BCUT2D eigenvalue weighted by molar-refractivity contribution is 9.10. The number of carbonyl (C=O) groups is 1. The maximum Gasteiger partial charge on any atom is 0.268 e. The highest BCUT2D eigenvalue weighted by Crippen LogP contribution is 2.35. The molecule has 0 fully saturated rings. The third-order valence-electron chi connectivity index (χ3n) is 4.27. The predicted octanol–water partition coefficient (Wildman–Crippen LogP) is 3.31. The average molecular weight is 376 g/mol. The smallest absolute Gasteiger partial charge is 0.268 e. The van der Waals surface area contributed by atoms with Crippen LogP contribution in [-0.4, -0.2) is 36.7 Å². The number of halogens is 1. The lowest BCUT2D eigenvalue weighted by Crippen LogP contribution is -2.29. The van der Waals surface area contributed by atoms with Crippen LogP contribution in [0.3, 0.4) is 0 Å². The van der Waals surface area contributed by atoms with E-state index < -0.39 is 0 Å². The van der Waals surface area contributed by atoms with Crippen molar-refractivity contribution in [2.75, 3.05) is 20.1 Å². The molecule has 0 saturated carbocycles. The molecule has 0 aromatic heterocycles. The Morgan fingerprint density at radius 2 is 2.04 bits per heavy atom. The molecular weight excluding hydrogens is 354 g/mol. The molecule has 1 aromatic carbocycles. The van der Waals surface area contributed by atoms with Crippen molar-refractivity contribution in [3.8, 4) is 0 Å². The largest absolute Gasteiger partial charge is 0.368 e. The first-order chi connectivity index (χ1) is 11.0. The summed E-state index contributed by atoms with van der Waals surface area (Å²) < 4.78 is 1.04. The minimum Gasteiger partial charge on any atom is -0.368 e. The summed E-state index contributed by atoms with van der Waals surface area (Å²) >= 11 is 3.47. The number of likely N-dealkylation sites (N-methyl/N-ethyl adjacent to an activating group) is 1. The second-order valence-electron chi connectivity index (χ2n) is 6.57. The lowest BCUT2D eigenvalue weighted by molar-refractivity contribution is -0.118. The van der Waals surface area contributed by atoms with Crippen molar-refractivity contribution in [3.63, 3.8) is 0 Å². The molecule has 1 aromatic rings. The van der Waals surface area contributed by atoms with Crippen molar-refractivity contribution in [2.45, 2.75) is 26.3 Å². The van der Waals surface area contributed by atoms with E-state index in [4.69, 9.17) is 4.99 Å². The van der Waals surface area contributed by atoms with Gasteiger partial charge >= 0.3 is 0 Å². The van der Waals surface area contributed by atoms with Gasteiger partial charge in [-0.25, -0.2) is 0 Å². The SMILES string of the molecule is CC(C)CC1=NCCN(C)C2=C1C(c1ccc(Br)cc1)NC2=O. The van der Waals surface area contributed by atoms with Crippen LogP contribution in [0.25, 0.3) is 0 Å². The lowest BCUT2D eigenvalue weighted by atomic mass is 9.91. The van der Waals surface area contributed by atoms with E-state index in [0.29, 0.717) is 5.92 Å². The fourth-order valence-corrected chi connectivity index (χ4v) is 3.48. The van der Waals surface area contributed by atoms with Crippen LogP contribution in [0.4, 0.5) is 0 Å². The van der Waals surface area contributed by atoms with Gasteiger partial charge in [-0.1, -0.05) is 41.9 Å². The Labute approximate surface area is 145 Å². The molecule has 0 bridgehead atoms. The van der Waals surface area contributed by atoms with E-state index >= 15 is 0 Å². The number of amides is 1. The summed E-state index contributed by atoms with van der Waals surface area (Å²) in [6, 6.07) is 8.04. The van der Waals surface area contributed by atoms with Gasteiger partial charge in [0.25, 0.3) is 5.91 Å². The number of rotatable bonds is 3. The number of nitrogens with zero attached hydrogens (tertiary/aromatic N) is 2. The van der Waals surface area contributed by atoms with Crippen molar-refractivity contribution >= 4 is 27.5 Å². The maximum atomic E-state index is 12.6. The third-order valence-corrected chi connectivity index (χ3v) is 4.80. The summed E-state index contributed by atoms with van der Waals surface area (Å²) in [6.45, 7) is 5.90. The molecule has 0 aliphatic carbocycles. The molecule has 0 radical (unpaired) electrons. The molecule has 4 nitrogen and oxygen atoms in total. The fourth-order valence-electron chi connectivity index (χ4n) is 3.21. The van der Waals surface area contributed by atoms with Crippen LogP contribution in [0.15, 0.2) is 45.0 Å². The highest BCUT2D eigenvalue weighted by Gasteiger charge is 2.38. The predicted molar refractivity (Wildman–Crippen MR) is 96.4 cm³/mol. The molecule has 122 valence electrons. The summed E-state index contributed by atoms with van der Waals surface area (Å²) in [5.41, 5.74) is 4.02. The van der Waals surface area contributed by atoms with Gasteiger partial charge in [-0.15, -0.1) is 0 Å². The topological polar surface area (TPSA) is 44.7 Å². The number of hydrogen-bond acceptors (Lipinski definition) is 3. The molecule has 1 unspecified atom stereocenters. The Balaban J connectivity index is 2.08. The first kappa shape index (κ1) is 16.2. The normalized spacial score (nSPS) is 21.3. The van der Waals surface area contributed by atoms with Crippen LogP contribution in [0.1, 0.15) is 31.9 Å². The summed E-state index contributed by atoms with van der Waals surface area (Å²) in [4.78, 5) is 19.4. The molecule has 2 aliphatic heterocycles. The van der Waals surface area contributed by atoms with E-state index in [1.165, 1.54) is 0 Å². The van der Waals surface area contributed by atoms with Crippen LogP contribution in [0, 0.1) is 5.92 Å². The molecular formula is C18H22BrN3O. The molecule has 1 atom stereocenters. The average Bonchev–Trinajstić information content (AvgIpc) is 2.75. The molecule has 23 heavy (non-hydrogen) atoms. The van der Waals surface area contributed by atoms with Crippen molar-refractivity contribution in [2.24, 2.45) is 10.9 Å². The van der Waals surface area contributed by atoms with Crippen LogP contribution in [0.5, 0.6) is 0 Å². The van der Waals surface area contributed by atoms with Gasteiger partial charge in [0.2, 0.25) is 0 Å². The van der Waals surface area contributed by atoms with Crippen LogP contribution in [0.2, 0.25) is 0 Å². The Morgan fingerprint density at radius 1 is 1.35 bits per heavy atom. The third kappa shape index (κ3) is 3.20. The first-order valence-corrected chi connectivity index (χ1v) is 8.82. The molecule has 2 heterocycles. The number of hydrogen-bond donors (Lipinski definition) is 1. The van der Waals surface area contributed by atoms with E-state index in [-0.39, 0.29) is 11.9 Å². The van der Waals surface area contributed by atoms with Crippen LogP contribution >= 0.6 is 15.9 Å². The molecule has 5 heteroatoms. The molecule has 1 N–H and O–H groups in total. The zero-order valence-corrected chi connectivity index (χ0v) is 15.4.